The molecule has 5 nitrogen and oxygen atoms in total. The zero-order valence-corrected chi connectivity index (χ0v) is 16.9. The van der Waals surface area contributed by atoms with Crippen molar-refractivity contribution in [3.8, 4) is 0 Å². The van der Waals surface area contributed by atoms with Gasteiger partial charge in [0.1, 0.15) is 5.82 Å². The van der Waals surface area contributed by atoms with Gasteiger partial charge in [-0.15, -0.1) is 0 Å². The molecule has 1 N–H and O–H groups in total. The highest BCUT2D eigenvalue weighted by molar-refractivity contribution is 5.81. The molecule has 1 aromatic carbocycles. The number of hydrogen-bond acceptors (Lipinski definition) is 5. The molecule has 1 aliphatic rings. The van der Waals surface area contributed by atoms with Gasteiger partial charge in [0, 0.05) is 35.9 Å². The van der Waals surface area contributed by atoms with Crippen molar-refractivity contribution < 1.29 is 0 Å². The van der Waals surface area contributed by atoms with Gasteiger partial charge in [-0.2, -0.15) is 0 Å². The Morgan fingerprint density at radius 1 is 0.833 bits per heavy atom. The zero-order chi connectivity index (χ0) is 20.2. The van der Waals surface area contributed by atoms with Crippen LogP contribution in [-0.2, 0) is 6.54 Å². The van der Waals surface area contributed by atoms with Crippen molar-refractivity contribution in [1.82, 2.24) is 19.9 Å². The van der Waals surface area contributed by atoms with Crippen LogP contribution in [0.25, 0.3) is 10.9 Å². The van der Waals surface area contributed by atoms with Crippen LogP contribution >= 0.6 is 0 Å². The Bertz CT molecular complexity index is 1100. The Morgan fingerprint density at radius 3 is 2.50 bits per heavy atom. The van der Waals surface area contributed by atoms with Crippen molar-refractivity contribution in [2.75, 3.05) is 18.4 Å². The molecule has 0 amide bonds. The number of aromatic nitrogens is 3. The summed E-state index contributed by atoms with van der Waals surface area (Å²) in [5.74, 6) is 1.36. The zero-order valence-electron chi connectivity index (χ0n) is 16.9. The highest BCUT2D eigenvalue weighted by Crippen LogP contribution is 2.29. The third-order valence-corrected chi connectivity index (χ3v) is 5.86. The van der Waals surface area contributed by atoms with Gasteiger partial charge in [0.05, 0.1) is 17.4 Å². The number of fused-ring (bicyclic) bond motifs is 1. The van der Waals surface area contributed by atoms with E-state index in [0.717, 1.165) is 49.5 Å². The fourth-order valence-corrected chi connectivity index (χ4v) is 4.23. The lowest BCUT2D eigenvalue weighted by molar-refractivity contribution is 0.204. The SMILES string of the molecule is c1ccc(Nc2ccc(C3CCN(Cc4ccnc5ccccc45)CC3)nc2)nc1. The van der Waals surface area contributed by atoms with E-state index in [-0.39, 0.29) is 0 Å². The third-order valence-electron chi connectivity index (χ3n) is 5.86. The van der Waals surface area contributed by atoms with Crippen molar-refractivity contribution in [3.63, 3.8) is 0 Å². The summed E-state index contributed by atoms with van der Waals surface area (Å²) in [6, 6.07) is 20.7. The summed E-state index contributed by atoms with van der Waals surface area (Å²) >= 11 is 0. The molecule has 1 saturated heterocycles. The normalized spacial score (nSPS) is 15.3. The van der Waals surface area contributed by atoms with Gasteiger partial charge in [0.25, 0.3) is 0 Å². The van der Waals surface area contributed by atoms with Crippen LogP contribution in [0.2, 0.25) is 0 Å². The van der Waals surface area contributed by atoms with Crippen LogP contribution in [-0.4, -0.2) is 32.9 Å². The molecule has 150 valence electrons. The average Bonchev–Trinajstić information content (AvgIpc) is 2.81. The van der Waals surface area contributed by atoms with E-state index in [1.54, 1.807) is 6.20 Å². The molecule has 0 bridgehead atoms. The van der Waals surface area contributed by atoms with Crippen molar-refractivity contribution in [3.05, 3.63) is 90.5 Å². The second kappa shape index (κ2) is 8.59. The predicted octanol–water partition coefficient (Wildman–Crippen LogP) is 5.15. The summed E-state index contributed by atoms with van der Waals surface area (Å²) in [7, 11) is 0. The summed E-state index contributed by atoms with van der Waals surface area (Å²) in [5.41, 5.74) is 4.60. The molecule has 30 heavy (non-hydrogen) atoms. The lowest BCUT2D eigenvalue weighted by Crippen LogP contribution is -2.32. The van der Waals surface area contributed by atoms with E-state index in [0.29, 0.717) is 5.92 Å². The number of nitrogens with one attached hydrogen (secondary N) is 1. The van der Waals surface area contributed by atoms with Gasteiger partial charge in [0.15, 0.2) is 0 Å². The van der Waals surface area contributed by atoms with E-state index >= 15 is 0 Å². The van der Waals surface area contributed by atoms with Gasteiger partial charge in [-0.25, -0.2) is 4.98 Å². The molecular weight excluding hydrogens is 370 g/mol. The number of anilines is 2. The van der Waals surface area contributed by atoms with Gasteiger partial charge in [0.2, 0.25) is 0 Å². The molecule has 4 heterocycles. The van der Waals surface area contributed by atoms with E-state index in [9.17, 15) is 0 Å². The number of hydrogen-bond donors (Lipinski definition) is 1. The standard InChI is InChI=1S/C25H25N5/c1-2-6-24-22(5-1)20(10-14-26-24)18-30-15-11-19(12-16-30)23-9-8-21(17-28-23)29-25-7-3-4-13-27-25/h1-10,13-14,17,19H,11-12,15-16,18H2,(H,27,29). The predicted molar refractivity (Wildman–Crippen MR) is 121 cm³/mol. The highest BCUT2D eigenvalue weighted by Gasteiger charge is 2.22. The molecule has 4 aromatic rings. The fraction of sp³-hybridized carbons (Fsp3) is 0.240. The van der Waals surface area contributed by atoms with Crippen LogP contribution in [0.15, 0.2) is 79.3 Å². The maximum atomic E-state index is 4.73. The van der Waals surface area contributed by atoms with Gasteiger partial charge in [-0.05, 0) is 67.9 Å². The van der Waals surface area contributed by atoms with E-state index in [2.05, 4.69) is 62.6 Å². The minimum absolute atomic E-state index is 0.527. The minimum atomic E-state index is 0.527. The molecule has 0 atom stereocenters. The lowest BCUT2D eigenvalue weighted by atomic mass is 9.92. The van der Waals surface area contributed by atoms with Crippen LogP contribution in [0.4, 0.5) is 11.5 Å². The highest BCUT2D eigenvalue weighted by atomic mass is 15.1. The Balaban J connectivity index is 1.19. The molecule has 0 aliphatic carbocycles. The van der Waals surface area contributed by atoms with Crippen LogP contribution in [0.3, 0.4) is 0 Å². The molecule has 5 rings (SSSR count). The van der Waals surface area contributed by atoms with E-state index < -0.39 is 0 Å². The lowest BCUT2D eigenvalue weighted by Gasteiger charge is -2.32. The number of pyridine rings is 3. The summed E-state index contributed by atoms with van der Waals surface area (Å²) < 4.78 is 0. The first-order chi connectivity index (χ1) is 14.8. The summed E-state index contributed by atoms with van der Waals surface area (Å²) in [5, 5.41) is 4.56. The Kier molecular flexibility index (Phi) is 5.36. The van der Waals surface area contributed by atoms with Gasteiger partial charge >= 0.3 is 0 Å². The number of nitrogens with zero attached hydrogens (tertiary/aromatic N) is 4. The first-order valence-corrected chi connectivity index (χ1v) is 10.5. The second-order valence-corrected chi connectivity index (χ2v) is 7.85. The maximum Gasteiger partial charge on any atom is 0.130 e. The molecule has 0 spiro atoms. The molecule has 0 saturated carbocycles. The Labute approximate surface area is 176 Å². The molecule has 0 radical (unpaired) electrons. The van der Waals surface area contributed by atoms with Gasteiger partial charge in [-0.3, -0.25) is 14.9 Å². The monoisotopic (exact) mass is 395 g/mol. The molecule has 1 fully saturated rings. The number of rotatable bonds is 5. The van der Waals surface area contributed by atoms with E-state index in [4.69, 9.17) is 4.98 Å². The summed E-state index contributed by atoms with van der Waals surface area (Å²) in [4.78, 5) is 16.1. The van der Waals surface area contributed by atoms with Crippen molar-refractivity contribution in [1.29, 1.82) is 0 Å². The minimum Gasteiger partial charge on any atom is -0.339 e. The summed E-state index contributed by atoms with van der Waals surface area (Å²) in [6.45, 7) is 3.17. The smallest absolute Gasteiger partial charge is 0.130 e. The van der Waals surface area contributed by atoms with E-state index in [1.807, 2.05) is 30.6 Å². The van der Waals surface area contributed by atoms with Crippen molar-refractivity contribution in [2.24, 2.45) is 0 Å². The third kappa shape index (κ3) is 4.16. The quantitative estimate of drug-likeness (QED) is 0.507. The second-order valence-electron chi connectivity index (χ2n) is 7.85. The largest absolute Gasteiger partial charge is 0.339 e. The number of benzene rings is 1. The van der Waals surface area contributed by atoms with Crippen LogP contribution in [0.1, 0.15) is 30.0 Å². The average molecular weight is 396 g/mol. The molecular formula is C25H25N5. The van der Waals surface area contributed by atoms with Gasteiger partial charge in [-0.1, -0.05) is 24.3 Å². The Hall–Kier alpha value is -3.31. The topological polar surface area (TPSA) is 53.9 Å². The first kappa shape index (κ1) is 18.7. The van der Waals surface area contributed by atoms with E-state index in [1.165, 1.54) is 16.6 Å². The molecule has 1 aliphatic heterocycles. The molecule has 0 unspecified atom stereocenters. The molecule has 3 aromatic heterocycles. The number of likely N-dealkylation sites (tertiary alicyclic amines) is 1. The van der Waals surface area contributed by atoms with Crippen molar-refractivity contribution >= 4 is 22.4 Å². The fourth-order valence-electron chi connectivity index (χ4n) is 4.23. The number of piperidine rings is 1. The summed E-state index contributed by atoms with van der Waals surface area (Å²) in [6.07, 6.45) is 7.91. The van der Waals surface area contributed by atoms with Crippen LogP contribution in [0, 0.1) is 0 Å². The number of para-hydroxylation sites is 1. The van der Waals surface area contributed by atoms with Crippen molar-refractivity contribution in [2.45, 2.75) is 25.3 Å². The maximum absolute atomic E-state index is 4.73. The van der Waals surface area contributed by atoms with Gasteiger partial charge < -0.3 is 5.32 Å². The van der Waals surface area contributed by atoms with Crippen LogP contribution < -0.4 is 5.32 Å². The molecule has 5 heteroatoms. The van der Waals surface area contributed by atoms with Crippen LogP contribution in [0.5, 0.6) is 0 Å². The Morgan fingerprint density at radius 2 is 1.70 bits per heavy atom. The first-order valence-electron chi connectivity index (χ1n) is 10.5.